The van der Waals surface area contributed by atoms with Crippen molar-refractivity contribution in [3.8, 4) is 34.5 Å². The van der Waals surface area contributed by atoms with Crippen LogP contribution in [0.4, 0.5) is 0 Å². The van der Waals surface area contributed by atoms with Crippen molar-refractivity contribution in [3.63, 3.8) is 0 Å². The maximum atomic E-state index is 13.2. The summed E-state index contributed by atoms with van der Waals surface area (Å²) in [6.45, 7) is 1.31. The molecule has 0 aliphatic carbocycles. The zero-order chi connectivity index (χ0) is 28.6. The summed E-state index contributed by atoms with van der Waals surface area (Å²) in [5.74, 6) is 4.00. The number of methoxy groups -OCH3 is 6. The van der Waals surface area contributed by atoms with Crippen molar-refractivity contribution < 1.29 is 33.2 Å². The highest BCUT2D eigenvalue weighted by molar-refractivity contribution is 5.78. The zero-order valence-electron chi connectivity index (χ0n) is 24.0. The van der Waals surface area contributed by atoms with Crippen molar-refractivity contribution in [2.24, 2.45) is 0 Å². The smallest absolute Gasteiger partial charge is 0.234 e. The van der Waals surface area contributed by atoms with Crippen LogP contribution in [0.3, 0.4) is 0 Å². The molecule has 1 unspecified atom stereocenters. The van der Waals surface area contributed by atoms with Gasteiger partial charge in [0.2, 0.25) is 5.91 Å². The molecule has 9 nitrogen and oxygen atoms in total. The van der Waals surface area contributed by atoms with E-state index in [2.05, 4.69) is 10.2 Å². The summed E-state index contributed by atoms with van der Waals surface area (Å²) in [7, 11) is 9.74. The molecule has 9 heteroatoms. The zero-order valence-corrected chi connectivity index (χ0v) is 24.0. The molecular weight excluding hydrogens is 512 g/mol. The van der Waals surface area contributed by atoms with Crippen molar-refractivity contribution in [3.05, 3.63) is 70.8 Å². The van der Waals surface area contributed by atoms with Crippen LogP contribution in [-0.4, -0.2) is 66.6 Å². The fourth-order valence-corrected chi connectivity index (χ4v) is 5.17. The average molecular weight is 551 g/mol. The highest BCUT2D eigenvalue weighted by Crippen LogP contribution is 2.40. The number of ether oxygens (including phenoxy) is 6. The fourth-order valence-electron chi connectivity index (χ4n) is 5.17. The van der Waals surface area contributed by atoms with Crippen LogP contribution in [0.2, 0.25) is 0 Å². The van der Waals surface area contributed by atoms with E-state index in [4.69, 9.17) is 28.4 Å². The predicted molar refractivity (Wildman–Crippen MR) is 152 cm³/mol. The van der Waals surface area contributed by atoms with Crippen molar-refractivity contribution in [2.45, 2.75) is 25.4 Å². The Balaban J connectivity index is 1.58. The first-order valence-corrected chi connectivity index (χ1v) is 13.1. The van der Waals surface area contributed by atoms with E-state index in [9.17, 15) is 4.79 Å². The Morgan fingerprint density at radius 1 is 0.775 bits per heavy atom. The van der Waals surface area contributed by atoms with Crippen LogP contribution < -0.4 is 33.7 Å². The molecule has 1 heterocycles. The molecule has 1 aliphatic heterocycles. The van der Waals surface area contributed by atoms with Gasteiger partial charge in [0.25, 0.3) is 0 Å². The lowest BCUT2D eigenvalue weighted by atomic mass is 9.88. The average Bonchev–Trinajstić information content (AvgIpc) is 3.00. The summed E-state index contributed by atoms with van der Waals surface area (Å²) in [6, 6.07) is 15.5. The third kappa shape index (κ3) is 6.37. The van der Waals surface area contributed by atoms with Crippen LogP contribution in [0.1, 0.15) is 28.3 Å². The van der Waals surface area contributed by atoms with Gasteiger partial charge in [-0.25, -0.2) is 0 Å². The van der Waals surface area contributed by atoms with Crippen molar-refractivity contribution in [1.82, 2.24) is 10.2 Å². The number of amides is 1. The van der Waals surface area contributed by atoms with Gasteiger partial charge < -0.3 is 33.7 Å². The second-order valence-corrected chi connectivity index (χ2v) is 9.49. The maximum absolute atomic E-state index is 13.2. The number of carbonyl (C=O) groups excluding carboxylic acids is 1. The Kier molecular flexibility index (Phi) is 9.60. The Hall–Kier alpha value is -4.11. The summed E-state index contributed by atoms with van der Waals surface area (Å²) in [6.07, 6.45) is 1.46. The minimum atomic E-state index is -0.0703. The molecule has 1 aliphatic rings. The lowest BCUT2D eigenvalue weighted by Gasteiger charge is -2.37. The third-order valence-corrected chi connectivity index (χ3v) is 7.31. The highest BCUT2D eigenvalue weighted by Gasteiger charge is 2.31. The number of carbonyl (C=O) groups is 1. The molecule has 3 aromatic carbocycles. The normalized spacial score (nSPS) is 14.6. The monoisotopic (exact) mass is 550 g/mol. The van der Waals surface area contributed by atoms with Gasteiger partial charge in [-0.15, -0.1) is 0 Å². The molecule has 0 aromatic heterocycles. The van der Waals surface area contributed by atoms with Gasteiger partial charge >= 0.3 is 0 Å². The van der Waals surface area contributed by atoms with E-state index in [1.165, 1.54) is 5.56 Å². The van der Waals surface area contributed by atoms with E-state index >= 15 is 0 Å². The van der Waals surface area contributed by atoms with Gasteiger partial charge in [0.15, 0.2) is 23.0 Å². The second-order valence-electron chi connectivity index (χ2n) is 9.49. The van der Waals surface area contributed by atoms with Gasteiger partial charge in [0.1, 0.15) is 11.5 Å². The first kappa shape index (κ1) is 28.9. The minimum Gasteiger partial charge on any atom is -0.497 e. The Labute approximate surface area is 235 Å². The summed E-state index contributed by atoms with van der Waals surface area (Å²) >= 11 is 0. The van der Waals surface area contributed by atoms with Crippen LogP contribution in [0.25, 0.3) is 0 Å². The van der Waals surface area contributed by atoms with Crippen LogP contribution in [-0.2, 0) is 24.2 Å². The van der Waals surface area contributed by atoms with Crippen LogP contribution in [0.15, 0.2) is 48.5 Å². The molecule has 0 fully saturated rings. The molecule has 0 saturated heterocycles. The first-order chi connectivity index (χ1) is 19.4. The number of hydrogen-bond acceptors (Lipinski definition) is 8. The Bertz CT molecular complexity index is 1330. The summed E-state index contributed by atoms with van der Waals surface area (Å²) in [4.78, 5) is 15.4. The summed E-state index contributed by atoms with van der Waals surface area (Å²) in [5, 5.41) is 3.06. The van der Waals surface area contributed by atoms with E-state index in [0.29, 0.717) is 47.5 Å². The van der Waals surface area contributed by atoms with E-state index in [1.54, 1.807) is 42.7 Å². The number of nitrogens with one attached hydrogen (secondary N) is 1. The van der Waals surface area contributed by atoms with Gasteiger partial charge in [-0.3, -0.25) is 9.69 Å². The Morgan fingerprint density at radius 3 is 2.12 bits per heavy atom. The maximum Gasteiger partial charge on any atom is 0.234 e. The molecule has 0 bridgehead atoms. The summed E-state index contributed by atoms with van der Waals surface area (Å²) < 4.78 is 32.9. The van der Waals surface area contributed by atoms with E-state index in [-0.39, 0.29) is 18.5 Å². The van der Waals surface area contributed by atoms with Crippen molar-refractivity contribution in [1.29, 1.82) is 0 Å². The number of nitrogens with zero attached hydrogens (tertiary/aromatic N) is 1. The fraction of sp³-hybridized carbons (Fsp3) is 0.387. The van der Waals surface area contributed by atoms with Crippen molar-refractivity contribution in [2.75, 3.05) is 55.7 Å². The molecule has 0 spiro atoms. The van der Waals surface area contributed by atoms with Gasteiger partial charge in [-0.1, -0.05) is 6.07 Å². The first-order valence-electron chi connectivity index (χ1n) is 13.1. The lowest BCUT2D eigenvalue weighted by molar-refractivity contribution is -0.123. The van der Waals surface area contributed by atoms with Gasteiger partial charge in [-0.2, -0.15) is 0 Å². The quantitative estimate of drug-likeness (QED) is 0.359. The lowest BCUT2D eigenvalue weighted by Crippen LogP contribution is -2.43. The molecule has 1 N–H and O–H groups in total. The number of fused-ring (bicyclic) bond motifs is 1. The standard InChI is InChI=1S/C31H38N2O7/c1-35-23-9-8-22(27(16-23)37-3)18-32-31(34)19-33-12-11-21-15-29(39-5)30(40-6)17-24(21)25(33)13-20-7-10-26(36-2)28(14-20)38-4/h7-10,14-17,25H,11-13,18-19H2,1-6H3,(H,32,34). The van der Waals surface area contributed by atoms with Crippen LogP contribution >= 0.6 is 0 Å². The molecule has 214 valence electrons. The van der Waals surface area contributed by atoms with Crippen LogP contribution in [0.5, 0.6) is 34.5 Å². The second kappa shape index (κ2) is 13.3. The molecule has 0 radical (unpaired) electrons. The molecular formula is C31H38N2O7. The molecule has 0 saturated carbocycles. The van der Waals surface area contributed by atoms with E-state index in [1.807, 2.05) is 48.5 Å². The van der Waals surface area contributed by atoms with E-state index < -0.39 is 0 Å². The molecule has 1 amide bonds. The predicted octanol–water partition coefficient (Wildman–Crippen LogP) is 4.20. The minimum absolute atomic E-state index is 0.0667. The van der Waals surface area contributed by atoms with Crippen LogP contribution in [0, 0.1) is 0 Å². The molecule has 4 rings (SSSR count). The largest absolute Gasteiger partial charge is 0.497 e. The van der Waals surface area contributed by atoms with Gasteiger partial charge in [-0.05, 0) is 65.9 Å². The van der Waals surface area contributed by atoms with Crippen molar-refractivity contribution >= 4 is 5.91 Å². The topological polar surface area (TPSA) is 87.7 Å². The van der Waals surface area contributed by atoms with E-state index in [0.717, 1.165) is 29.7 Å². The number of rotatable bonds is 12. The molecule has 3 aromatic rings. The van der Waals surface area contributed by atoms with Gasteiger partial charge in [0.05, 0.1) is 49.2 Å². The molecule has 1 atom stereocenters. The third-order valence-electron chi connectivity index (χ3n) is 7.31. The van der Waals surface area contributed by atoms with Gasteiger partial charge in [0, 0.05) is 30.8 Å². The number of hydrogen-bond donors (Lipinski definition) is 1. The number of benzene rings is 3. The SMILES string of the molecule is COc1ccc(CNC(=O)CN2CCc3cc(OC)c(OC)cc3C2Cc2ccc(OC)c(OC)c2)c(OC)c1. The molecule has 40 heavy (non-hydrogen) atoms. The Morgan fingerprint density at radius 2 is 1.45 bits per heavy atom. The summed E-state index contributed by atoms with van der Waals surface area (Å²) in [5.41, 5.74) is 4.24. The highest BCUT2D eigenvalue weighted by atomic mass is 16.5.